The SMILES string of the molecule is CCOC(=O)C(CC(C)C)CC(F)(F)C(F)(F)C(F)(F)C(F)(F)C(F)(F)C(F)(F)F. The Bertz CT molecular complexity index is 596. The van der Waals surface area contributed by atoms with Crippen LogP contribution in [0.5, 0.6) is 0 Å². The van der Waals surface area contributed by atoms with Gasteiger partial charge in [0.05, 0.1) is 12.5 Å². The molecule has 1 atom stereocenters. The van der Waals surface area contributed by atoms with Crippen LogP contribution in [0.2, 0.25) is 0 Å². The Labute approximate surface area is 161 Å². The van der Waals surface area contributed by atoms with Gasteiger partial charge in [-0.3, -0.25) is 4.79 Å². The van der Waals surface area contributed by atoms with E-state index in [0.29, 0.717) is 0 Å². The molecule has 0 aliphatic carbocycles. The van der Waals surface area contributed by atoms with Crippen LogP contribution in [0, 0.1) is 11.8 Å². The normalized spacial score (nSPS) is 16.0. The Morgan fingerprint density at radius 3 is 1.47 bits per heavy atom. The summed E-state index contributed by atoms with van der Waals surface area (Å²) in [7, 11) is 0. The number of halogens is 13. The molecule has 0 bridgehead atoms. The topological polar surface area (TPSA) is 26.3 Å². The lowest BCUT2D eigenvalue weighted by Gasteiger charge is -2.40. The van der Waals surface area contributed by atoms with Crippen LogP contribution < -0.4 is 0 Å². The monoisotopic (exact) mass is 476 g/mol. The second-order valence-corrected chi connectivity index (χ2v) is 6.78. The van der Waals surface area contributed by atoms with E-state index in [4.69, 9.17) is 0 Å². The van der Waals surface area contributed by atoms with Crippen molar-refractivity contribution in [1.82, 2.24) is 0 Å². The third kappa shape index (κ3) is 4.89. The molecule has 2 nitrogen and oxygen atoms in total. The summed E-state index contributed by atoms with van der Waals surface area (Å²) in [5.74, 6) is -41.9. The molecule has 0 aliphatic heterocycles. The molecule has 15 heteroatoms. The van der Waals surface area contributed by atoms with Crippen LogP contribution in [-0.2, 0) is 9.53 Å². The lowest BCUT2D eigenvalue weighted by Crippen LogP contribution is -2.70. The molecule has 0 fully saturated rings. The van der Waals surface area contributed by atoms with Crippen LogP contribution in [0.3, 0.4) is 0 Å². The van der Waals surface area contributed by atoms with Crippen LogP contribution in [0.4, 0.5) is 57.1 Å². The van der Waals surface area contributed by atoms with Gasteiger partial charge in [-0.2, -0.15) is 57.1 Å². The summed E-state index contributed by atoms with van der Waals surface area (Å²) in [6.45, 7) is 3.23. The van der Waals surface area contributed by atoms with Crippen molar-refractivity contribution in [1.29, 1.82) is 0 Å². The number of carbonyl (C=O) groups is 1. The molecule has 0 radical (unpaired) electrons. The smallest absolute Gasteiger partial charge is 0.460 e. The lowest BCUT2D eigenvalue weighted by molar-refractivity contribution is -0.440. The van der Waals surface area contributed by atoms with Crippen molar-refractivity contribution < 1.29 is 66.6 Å². The highest BCUT2D eigenvalue weighted by molar-refractivity contribution is 5.72. The van der Waals surface area contributed by atoms with Gasteiger partial charge in [-0.05, 0) is 19.3 Å². The van der Waals surface area contributed by atoms with Gasteiger partial charge in [-0.1, -0.05) is 13.8 Å². The largest absolute Gasteiger partial charge is 0.466 e. The zero-order valence-corrected chi connectivity index (χ0v) is 15.5. The summed E-state index contributed by atoms with van der Waals surface area (Å²) in [6, 6.07) is 0. The molecular weight excluding hydrogens is 459 g/mol. The number of ether oxygens (including phenoxy) is 1. The maximum absolute atomic E-state index is 13.9. The highest BCUT2D eigenvalue weighted by Crippen LogP contribution is 2.61. The van der Waals surface area contributed by atoms with Crippen LogP contribution in [0.15, 0.2) is 0 Å². The van der Waals surface area contributed by atoms with E-state index in [0.717, 1.165) is 6.92 Å². The molecule has 0 rings (SSSR count). The highest BCUT2D eigenvalue weighted by Gasteiger charge is 2.90. The fourth-order valence-electron chi connectivity index (χ4n) is 2.33. The number of hydrogen-bond donors (Lipinski definition) is 0. The van der Waals surface area contributed by atoms with Gasteiger partial charge in [-0.25, -0.2) is 0 Å². The quantitative estimate of drug-likeness (QED) is 0.272. The van der Waals surface area contributed by atoms with Gasteiger partial charge in [0.15, 0.2) is 0 Å². The first-order valence-corrected chi connectivity index (χ1v) is 8.13. The van der Waals surface area contributed by atoms with Crippen molar-refractivity contribution in [2.75, 3.05) is 6.61 Å². The summed E-state index contributed by atoms with van der Waals surface area (Å²) < 4.78 is 175. The van der Waals surface area contributed by atoms with Crippen LogP contribution in [-0.4, -0.2) is 48.4 Å². The Morgan fingerprint density at radius 2 is 1.13 bits per heavy atom. The van der Waals surface area contributed by atoms with Crippen molar-refractivity contribution in [2.45, 2.75) is 69.4 Å². The van der Waals surface area contributed by atoms with Gasteiger partial charge < -0.3 is 4.74 Å². The molecule has 0 amide bonds. The summed E-state index contributed by atoms with van der Waals surface area (Å²) in [5, 5.41) is 0. The van der Waals surface area contributed by atoms with E-state index >= 15 is 0 Å². The molecule has 0 aliphatic rings. The predicted octanol–water partition coefficient (Wildman–Crippen LogP) is 6.34. The minimum Gasteiger partial charge on any atom is -0.466 e. The number of carbonyl (C=O) groups excluding carboxylic acids is 1. The van der Waals surface area contributed by atoms with Crippen LogP contribution in [0.1, 0.15) is 33.6 Å². The Kier molecular flexibility index (Phi) is 8.18. The van der Waals surface area contributed by atoms with Gasteiger partial charge in [0.25, 0.3) is 0 Å². The van der Waals surface area contributed by atoms with Gasteiger partial charge in [0.2, 0.25) is 0 Å². The summed E-state index contributed by atoms with van der Waals surface area (Å²) in [4.78, 5) is 11.6. The zero-order valence-electron chi connectivity index (χ0n) is 15.5. The summed E-state index contributed by atoms with van der Waals surface area (Å²) >= 11 is 0. The standard InChI is InChI=1S/C15H17F13O2/c1-4-30-9(29)8(5-7(2)3)6-10(16,17)11(18,19)12(20,21)13(22,23)14(24,25)15(26,27)28/h7-8H,4-6H2,1-3H3. The molecule has 0 spiro atoms. The molecule has 0 saturated carbocycles. The first-order chi connectivity index (χ1) is 13.0. The van der Waals surface area contributed by atoms with Crippen molar-refractivity contribution in [3.8, 4) is 0 Å². The number of hydrogen-bond acceptors (Lipinski definition) is 2. The van der Waals surface area contributed by atoms with Crippen molar-refractivity contribution in [2.24, 2.45) is 11.8 Å². The van der Waals surface area contributed by atoms with Crippen molar-refractivity contribution in [3.05, 3.63) is 0 Å². The van der Waals surface area contributed by atoms with E-state index in [1.807, 2.05) is 0 Å². The molecule has 0 saturated heterocycles. The summed E-state index contributed by atoms with van der Waals surface area (Å²) in [5.41, 5.74) is 0. The maximum Gasteiger partial charge on any atom is 0.460 e. The molecular formula is C15H17F13O2. The average molecular weight is 476 g/mol. The average Bonchev–Trinajstić information content (AvgIpc) is 2.51. The fraction of sp³-hybridized carbons (Fsp3) is 0.933. The van der Waals surface area contributed by atoms with Crippen LogP contribution in [0.25, 0.3) is 0 Å². The van der Waals surface area contributed by atoms with Crippen molar-refractivity contribution >= 4 is 5.97 Å². The molecule has 0 heterocycles. The molecule has 0 aromatic carbocycles. The fourth-order valence-corrected chi connectivity index (χ4v) is 2.33. The first-order valence-electron chi connectivity index (χ1n) is 8.13. The predicted molar refractivity (Wildman–Crippen MR) is 75.0 cm³/mol. The highest BCUT2D eigenvalue weighted by atomic mass is 19.4. The van der Waals surface area contributed by atoms with Gasteiger partial charge in [0.1, 0.15) is 0 Å². The summed E-state index contributed by atoms with van der Waals surface area (Å²) in [6.07, 6.45) is -10.7. The van der Waals surface area contributed by atoms with Gasteiger partial charge >= 0.3 is 41.8 Å². The first kappa shape index (κ1) is 28.6. The second kappa shape index (κ2) is 8.60. The Hall–Kier alpha value is -1.44. The number of rotatable bonds is 10. The number of esters is 1. The van der Waals surface area contributed by atoms with Crippen molar-refractivity contribution in [3.63, 3.8) is 0 Å². The second-order valence-electron chi connectivity index (χ2n) is 6.78. The van der Waals surface area contributed by atoms with E-state index in [9.17, 15) is 61.9 Å². The Morgan fingerprint density at radius 1 is 0.733 bits per heavy atom. The van der Waals surface area contributed by atoms with Gasteiger partial charge in [0, 0.05) is 6.42 Å². The van der Waals surface area contributed by atoms with Crippen LogP contribution >= 0.6 is 0 Å². The third-order valence-electron chi connectivity index (χ3n) is 3.88. The molecule has 1 unspecified atom stereocenters. The molecule has 180 valence electrons. The minimum atomic E-state index is -7.96. The van der Waals surface area contributed by atoms with E-state index < -0.39 is 73.0 Å². The lowest BCUT2D eigenvalue weighted by atomic mass is 9.86. The van der Waals surface area contributed by atoms with E-state index in [2.05, 4.69) is 4.74 Å². The zero-order chi connectivity index (χ0) is 24.6. The van der Waals surface area contributed by atoms with E-state index in [1.165, 1.54) is 13.8 Å². The van der Waals surface area contributed by atoms with Gasteiger partial charge in [-0.15, -0.1) is 0 Å². The molecule has 30 heavy (non-hydrogen) atoms. The minimum absolute atomic E-state index is 0.471. The molecule has 0 aromatic rings. The molecule has 0 N–H and O–H groups in total. The Balaban J connectivity index is 6.24. The molecule has 0 aromatic heterocycles. The number of alkyl halides is 13. The third-order valence-corrected chi connectivity index (χ3v) is 3.88. The maximum atomic E-state index is 13.9. The van der Waals surface area contributed by atoms with E-state index in [1.54, 1.807) is 0 Å². The van der Waals surface area contributed by atoms with E-state index in [-0.39, 0.29) is 0 Å².